The summed E-state index contributed by atoms with van der Waals surface area (Å²) in [5, 5.41) is 13.7. The number of carboxylic acids is 1. The number of carbonyl (C=O) groups excluding carboxylic acids is 1. The van der Waals surface area contributed by atoms with Crippen LogP contribution in [0.4, 0.5) is 4.79 Å². The van der Waals surface area contributed by atoms with Crippen LogP contribution in [0.25, 0.3) is 0 Å². The molecule has 136 valence electrons. The van der Waals surface area contributed by atoms with Crippen LogP contribution in [0, 0.1) is 5.41 Å². The van der Waals surface area contributed by atoms with Crippen LogP contribution in [0.2, 0.25) is 0 Å². The summed E-state index contributed by atoms with van der Waals surface area (Å²) in [6, 6.07) is 0.0304. The van der Waals surface area contributed by atoms with E-state index in [0.29, 0.717) is 6.61 Å². The van der Waals surface area contributed by atoms with Gasteiger partial charge in [0.05, 0.1) is 19.9 Å². The van der Waals surface area contributed by atoms with Crippen LogP contribution < -0.4 is 10.6 Å². The smallest absolute Gasteiger partial charge is 0.407 e. The van der Waals surface area contributed by atoms with E-state index in [1.165, 1.54) is 0 Å². The number of carbonyl (C=O) groups is 2. The molecular formula is C15H30N2O6. The van der Waals surface area contributed by atoms with E-state index in [4.69, 9.17) is 19.3 Å². The van der Waals surface area contributed by atoms with E-state index in [0.717, 1.165) is 12.8 Å². The second-order valence-electron chi connectivity index (χ2n) is 6.07. The van der Waals surface area contributed by atoms with Crippen LogP contribution in [0.5, 0.6) is 0 Å². The van der Waals surface area contributed by atoms with Gasteiger partial charge in [-0.05, 0) is 20.3 Å². The average Bonchev–Trinajstić information content (AvgIpc) is 2.43. The number of carboxylic acid groups (broad SMARTS) is 1. The number of amides is 1. The predicted molar refractivity (Wildman–Crippen MR) is 85.0 cm³/mol. The van der Waals surface area contributed by atoms with Gasteiger partial charge < -0.3 is 24.6 Å². The maximum atomic E-state index is 11.6. The van der Waals surface area contributed by atoms with Crippen molar-refractivity contribution >= 4 is 12.1 Å². The van der Waals surface area contributed by atoms with Gasteiger partial charge in [0.25, 0.3) is 0 Å². The third kappa shape index (κ3) is 12.8. The number of hydrogen-bond donors (Lipinski definition) is 3. The van der Waals surface area contributed by atoms with E-state index in [1.54, 1.807) is 0 Å². The summed E-state index contributed by atoms with van der Waals surface area (Å²) in [6.45, 7) is 8.41. The molecule has 1 atom stereocenters. The monoisotopic (exact) mass is 334 g/mol. The predicted octanol–water partition coefficient (Wildman–Crippen LogP) is 1.55. The van der Waals surface area contributed by atoms with E-state index >= 15 is 0 Å². The van der Waals surface area contributed by atoms with Crippen LogP contribution in [-0.4, -0.2) is 56.5 Å². The molecule has 0 saturated carbocycles. The first-order chi connectivity index (χ1) is 10.8. The van der Waals surface area contributed by atoms with Crippen molar-refractivity contribution in [2.75, 3.05) is 33.3 Å². The number of ether oxygens (including phenoxy) is 3. The molecule has 8 nitrogen and oxygen atoms in total. The molecule has 0 saturated heterocycles. The van der Waals surface area contributed by atoms with Crippen LogP contribution in [0.3, 0.4) is 0 Å². The van der Waals surface area contributed by atoms with Gasteiger partial charge in [-0.25, -0.2) is 4.79 Å². The zero-order chi connectivity index (χ0) is 17.7. The first-order valence-electron chi connectivity index (χ1n) is 7.80. The topological polar surface area (TPSA) is 106 Å². The molecule has 0 aliphatic carbocycles. The number of hydrogen-bond acceptors (Lipinski definition) is 6. The zero-order valence-electron chi connectivity index (χ0n) is 14.5. The average molecular weight is 334 g/mol. The van der Waals surface area contributed by atoms with Crippen molar-refractivity contribution in [1.29, 1.82) is 0 Å². The quantitative estimate of drug-likeness (QED) is 0.346. The van der Waals surface area contributed by atoms with Gasteiger partial charge in [-0.2, -0.15) is 0 Å². The minimum Gasteiger partial charge on any atom is -0.480 e. The van der Waals surface area contributed by atoms with Gasteiger partial charge >= 0.3 is 12.1 Å². The van der Waals surface area contributed by atoms with Crippen molar-refractivity contribution < 1.29 is 28.9 Å². The highest BCUT2D eigenvalue weighted by Crippen LogP contribution is 2.24. The van der Waals surface area contributed by atoms with Crippen molar-refractivity contribution in [3.63, 3.8) is 0 Å². The van der Waals surface area contributed by atoms with Gasteiger partial charge in [0.15, 0.2) is 0 Å². The highest BCUT2D eigenvalue weighted by molar-refractivity contribution is 5.69. The maximum absolute atomic E-state index is 11.6. The van der Waals surface area contributed by atoms with Crippen molar-refractivity contribution in [3.8, 4) is 0 Å². The molecule has 23 heavy (non-hydrogen) atoms. The molecule has 0 aliphatic rings. The summed E-state index contributed by atoms with van der Waals surface area (Å²) in [5.74, 6) is -0.943. The van der Waals surface area contributed by atoms with Crippen molar-refractivity contribution in [2.45, 2.75) is 46.6 Å². The number of aliphatic carboxylic acids is 1. The Hall–Kier alpha value is -1.38. The minimum absolute atomic E-state index is 0.0304. The SMILES string of the molecule is CCCC(C)(COCOCNCC(=O)O)COC(=O)NC(C)C. The molecule has 8 heteroatoms. The molecule has 0 spiro atoms. The fraction of sp³-hybridized carbons (Fsp3) is 0.867. The number of rotatable bonds is 13. The second kappa shape index (κ2) is 12.1. The van der Waals surface area contributed by atoms with E-state index in [9.17, 15) is 9.59 Å². The molecule has 0 aromatic heterocycles. The molecule has 0 bridgehead atoms. The normalized spacial score (nSPS) is 13.6. The molecule has 0 aromatic rings. The Balaban J connectivity index is 3.98. The highest BCUT2D eigenvalue weighted by Gasteiger charge is 2.26. The standard InChI is InChI=1S/C15H30N2O6/c1-5-6-15(4,9-23-14(20)17-12(2)3)8-21-11-22-10-16-7-13(18)19/h12,16H,5-11H2,1-4H3,(H,17,20)(H,18,19). The third-order valence-electron chi connectivity index (χ3n) is 2.91. The molecular weight excluding hydrogens is 304 g/mol. The summed E-state index contributed by atoms with van der Waals surface area (Å²) >= 11 is 0. The minimum atomic E-state index is -0.943. The maximum Gasteiger partial charge on any atom is 0.407 e. The highest BCUT2D eigenvalue weighted by atomic mass is 16.7. The third-order valence-corrected chi connectivity index (χ3v) is 2.91. The summed E-state index contributed by atoms with van der Waals surface area (Å²) in [6.07, 6.45) is 1.35. The van der Waals surface area contributed by atoms with Crippen molar-refractivity contribution in [1.82, 2.24) is 10.6 Å². The lowest BCUT2D eigenvalue weighted by Crippen LogP contribution is -2.36. The Morgan fingerprint density at radius 1 is 1.22 bits per heavy atom. The number of alkyl carbamates (subject to hydrolysis) is 1. The summed E-state index contributed by atoms with van der Waals surface area (Å²) < 4.78 is 15.8. The van der Waals surface area contributed by atoms with Crippen LogP contribution in [0.1, 0.15) is 40.5 Å². The first kappa shape index (κ1) is 21.6. The van der Waals surface area contributed by atoms with Gasteiger partial charge in [-0.1, -0.05) is 20.3 Å². The van der Waals surface area contributed by atoms with E-state index < -0.39 is 12.1 Å². The summed E-state index contributed by atoms with van der Waals surface area (Å²) in [4.78, 5) is 21.8. The molecule has 0 heterocycles. The molecule has 1 unspecified atom stereocenters. The van der Waals surface area contributed by atoms with Gasteiger partial charge in [0, 0.05) is 11.5 Å². The lowest BCUT2D eigenvalue weighted by Gasteiger charge is -2.28. The Labute approximate surface area is 137 Å². The zero-order valence-corrected chi connectivity index (χ0v) is 14.5. The van der Waals surface area contributed by atoms with E-state index in [1.807, 2.05) is 20.8 Å². The van der Waals surface area contributed by atoms with Gasteiger partial charge in [-0.15, -0.1) is 0 Å². The van der Waals surface area contributed by atoms with Crippen molar-refractivity contribution in [2.24, 2.45) is 5.41 Å². The van der Waals surface area contributed by atoms with Crippen LogP contribution >= 0.6 is 0 Å². The Morgan fingerprint density at radius 3 is 2.48 bits per heavy atom. The Morgan fingerprint density at radius 2 is 1.91 bits per heavy atom. The van der Waals surface area contributed by atoms with Crippen molar-refractivity contribution in [3.05, 3.63) is 0 Å². The number of nitrogens with one attached hydrogen (secondary N) is 2. The fourth-order valence-electron chi connectivity index (χ4n) is 1.93. The lowest BCUT2D eigenvalue weighted by molar-refractivity contribution is -0.137. The van der Waals surface area contributed by atoms with E-state index in [-0.39, 0.29) is 38.1 Å². The molecule has 0 aliphatic heterocycles. The first-order valence-corrected chi connectivity index (χ1v) is 7.80. The molecule has 0 rings (SSSR count). The van der Waals surface area contributed by atoms with Crippen LogP contribution in [0.15, 0.2) is 0 Å². The van der Waals surface area contributed by atoms with Crippen LogP contribution in [-0.2, 0) is 19.0 Å². The second-order valence-corrected chi connectivity index (χ2v) is 6.07. The van der Waals surface area contributed by atoms with Gasteiger partial charge in [-0.3, -0.25) is 10.1 Å². The molecule has 0 radical (unpaired) electrons. The van der Waals surface area contributed by atoms with Gasteiger partial charge in [0.1, 0.15) is 13.4 Å². The lowest BCUT2D eigenvalue weighted by atomic mass is 9.87. The largest absolute Gasteiger partial charge is 0.480 e. The molecule has 0 fully saturated rings. The molecule has 1 amide bonds. The van der Waals surface area contributed by atoms with E-state index in [2.05, 4.69) is 17.6 Å². The fourth-order valence-corrected chi connectivity index (χ4v) is 1.93. The molecule has 0 aromatic carbocycles. The Kier molecular flexibility index (Phi) is 11.4. The summed E-state index contributed by atoms with van der Waals surface area (Å²) in [5.41, 5.74) is -0.291. The Bertz CT molecular complexity index is 351. The van der Waals surface area contributed by atoms with Gasteiger partial charge in [0.2, 0.25) is 0 Å². The molecule has 3 N–H and O–H groups in total. The summed E-state index contributed by atoms with van der Waals surface area (Å²) in [7, 11) is 0.